The number of piperidine rings is 1. The molecular weight excluding hydrogens is 280 g/mol. The van der Waals surface area contributed by atoms with Gasteiger partial charge in [-0.25, -0.2) is 8.42 Å². The van der Waals surface area contributed by atoms with E-state index in [1.54, 1.807) is 15.8 Å². The largest absolute Gasteiger partial charge is 0.398 e. The van der Waals surface area contributed by atoms with Gasteiger partial charge >= 0.3 is 0 Å². The molecule has 0 bridgehead atoms. The van der Waals surface area contributed by atoms with Gasteiger partial charge in [0, 0.05) is 23.7 Å². The normalized spacial score (nSPS) is 29.1. The molecule has 2 heterocycles. The Balaban J connectivity index is 1.91. The lowest BCUT2D eigenvalue weighted by molar-refractivity contribution is 0.129. The summed E-state index contributed by atoms with van der Waals surface area (Å²) in [5.74, 6) is 0.564. The Hall–Kier alpha value is -0.590. The predicted molar refractivity (Wildman–Crippen MR) is 77.6 cm³/mol. The molecule has 2 N–H and O–H groups in total. The van der Waals surface area contributed by atoms with Gasteiger partial charge in [-0.3, -0.25) is 0 Å². The molecule has 19 heavy (non-hydrogen) atoms. The third-order valence-electron chi connectivity index (χ3n) is 4.35. The molecule has 1 aromatic heterocycles. The fourth-order valence-corrected chi connectivity index (χ4v) is 6.42. The van der Waals surface area contributed by atoms with Crippen LogP contribution in [0, 0.1) is 5.92 Å². The van der Waals surface area contributed by atoms with E-state index < -0.39 is 10.0 Å². The minimum Gasteiger partial charge on any atom is -0.398 e. The first-order chi connectivity index (χ1) is 9.09. The second-order valence-electron chi connectivity index (χ2n) is 5.57. The minimum absolute atomic E-state index is 0.218. The number of rotatable bonds is 2. The first-order valence-corrected chi connectivity index (χ1v) is 9.27. The number of sulfonamides is 1. The van der Waals surface area contributed by atoms with Crippen LogP contribution in [-0.2, 0) is 10.0 Å². The zero-order valence-corrected chi connectivity index (χ0v) is 12.5. The van der Waals surface area contributed by atoms with Crippen molar-refractivity contribution >= 4 is 27.0 Å². The van der Waals surface area contributed by atoms with E-state index in [9.17, 15) is 8.42 Å². The highest BCUT2D eigenvalue weighted by molar-refractivity contribution is 7.91. The zero-order chi connectivity index (χ0) is 13.5. The quantitative estimate of drug-likeness (QED) is 0.913. The fraction of sp³-hybridized carbons (Fsp3) is 0.692. The maximum atomic E-state index is 12.7. The Morgan fingerprint density at radius 3 is 2.68 bits per heavy atom. The summed E-state index contributed by atoms with van der Waals surface area (Å²) in [5, 5.41) is 1.70. The van der Waals surface area contributed by atoms with Crippen LogP contribution in [0.5, 0.6) is 0 Å². The van der Waals surface area contributed by atoms with Gasteiger partial charge in [0.25, 0.3) is 10.0 Å². The monoisotopic (exact) mass is 300 g/mol. The molecule has 0 spiro atoms. The minimum atomic E-state index is -3.34. The molecule has 0 amide bonds. The lowest BCUT2D eigenvalue weighted by atomic mass is 9.79. The van der Waals surface area contributed by atoms with E-state index >= 15 is 0 Å². The Kier molecular flexibility index (Phi) is 3.57. The van der Waals surface area contributed by atoms with Gasteiger partial charge in [0.15, 0.2) is 0 Å². The first kappa shape index (κ1) is 13.4. The summed E-state index contributed by atoms with van der Waals surface area (Å²) in [7, 11) is -3.34. The van der Waals surface area contributed by atoms with Crippen LogP contribution >= 0.6 is 11.3 Å². The van der Waals surface area contributed by atoms with E-state index in [1.807, 2.05) is 0 Å². The fourth-order valence-electron chi connectivity index (χ4n) is 3.46. The summed E-state index contributed by atoms with van der Waals surface area (Å²) in [6, 6.07) is 1.81. The standard InChI is InChI=1S/C13H20N2O2S2/c14-11-8-13(18-9-11)19(16,17)15-7-3-5-10-4-1-2-6-12(10)15/h8-10,12H,1-7,14H2. The van der Waals surface area contributed by atoms with Gasteiger partial charge in [-0.1, -0.05) is 12.8 Å². The van der Waals surface area contributed by atoms with Gasteiger partial charge in [-0.2, -0.15) is 4.31 Å². The van der Waals surface area contributed by atoms with Crippen molar-refractivity contribution < 1.29 is 8.42 Å². The summed E-state index contributed by atoms with van der Waals surface area (Å²) >= 11 is 1.23. The summed E-state index contributed by atoms with van der Waals surface area (Å²) in [6.07, 6.45) is 6.78. The topological polar surface area (TPSA) is 63.4 Å². The average molecular weight is 300 g/mol. The van der Waals surface area contributed by atoms with Gasteiger partial charge in [0.1, 0.15) is 4.21 Å². The van der Waals surface area contributed by atoms with Gasteiger partial charge in [-0.15, -0.1) is 11.3 Å². The third kappa shape index (κ3) is 2.41. The maximum Gasteiger partial charge on any atom is 0.252 e. The number of fused-ring (bicyclic) bond motifs is 1. The summed E-state index contributed by atoms with van der Waals surface area (Å²) < 4.78 is 27.6. The van der Waals surface area contributed by atoms with E-state index in [1.165, 1.54) is 30.6 Å². The van der Waals surface area contributed by atoms with E-state index in [4.69, 9.17) is 5.73 Å². The Labute approximate surface area is 118 Å². The summed E-state index contributed by atoms with van der Waals surface area (Å²) in [5.41, 5.74) is 6.21. The van der Waals surface area contributed by atoms with Crippen LogP contribution in [0.2, 0.25) is 0 Å². The van der Waals surface area contributed by atoms with Crippen molar-refractivity contribution in [3.63, 3.8) is 0 Å². The molecule has 1 aromatic rings. The first-order valence-electron chi connectivity index (χ1n) is 6.95. The molecule has 1 aliphatic carbocycles. The second kappa shape index (κ2) is 5.07. The van der Waals surface area contributed by atoms with Crippen molar-refractivity contribution in [2.75, 3.05) is 12.3 Å². The smallest absolute Gasteiger partial charge is 0.252 e. The van der Waals surface area contributed by atoms with Crippen LogP contribution in [0.3, 0.4) is 0 Å². The number of nitrogens with zero attached hydrogens (tertiary/aromatic N) is 1. The Morgan fingerprint density at radius 1 is 1.21 bits per heavy atom. The van der Waals surface area contributed by atoms with Gasteiger partial charge in [0.2, 0.25) is 0 Å². The number of hydrogen-bond donors (Lipinski definition) is 1. The number of hydrogen-bond acceptors (Lipinski definition) is 4. The third-order valence-corrected chi connectivity index (χ3v) is 7.71. The van der Waals surface area contributed by atoms with Crippen LogP contribution in [0.15, 0.2) is 15.7 Å². The molecule has 0 aromatic carbocycles. The van der Waals surface area contributed by atoms with Crippen LogP contribution in [0.4, 0.5) is 5.69 Å². The molecule has 3 rings (SSSR count). The molecule has 1 aliphatic heterocycles. The van der Waals surface area contributed by atoms with Gasteiger partial charge < -0.3 is 5.73 Å². The van der Waals surface area contributed by atoms with Crippen LogP contribution in [0.1, 0.15) is 38.5 Å². The van der Waals surface area contributed by atoms with Crippen molar-refractivity contribution in [2.45, 2.75) is 48.8 Å². The zero-order valence-electron chi connectivity index (χ0n) is 10.9. The molecule has 1 saturated heterocycles. The molecule has 2 unspecified atom stereocenters. The maximum absolute atomic E-state index is 12.7. The van der Waals surface area contributed by atoms with Crippen molar-refractivity contribution in [1.82, 2.24) is 4.31 Å². The summed E-state index contributed by atoms with van der Waals surface area (Å²) in [4.78, 5) is 0. The molecule has 2 aliphatic rings. The van der Waals surface area contributed by atoms with Crippen molar-refractivity contribution in [1.29, 1.82) is 0 Å². The molecule has 1 saturated carbocycles. The molecular formula is C13H20N2O2S2. The lowest BCUT2D eigenvalue weighted by Gasteiger charge is -2.42. The Morgan fingerprint density at radius 2 is 1.95 bits per heavy atom. The molecule has 0 radical (unpaired) electrons. The molecule has 4 nitrogen and oxygen atoms in total. The Bertz CT molecular complexity index is 551. The summed E-state index contributed by atoms with van der Waals surface area (Å²) in [6.45, 7) is 0.668. The average Bonchev–Trinajstić information content (AvgIpc) is 2.85. The van der Waals surface area contributed by atoms with Crippen LogP contribution in [-0.4, -0.2) is 25.3 Å². The SMILES string of the molecule is Nc1csc(S(=O)(=O)N2CCCC3CCCCC32)c1. The number of nitrogens with two attached hydrogens (primary N) is 1. The highest BCUT2D eigenvalue weighted by Gasteiger charge is 2.40. The van der Waals surface area contributed by atoms with E-state index in [2.05, 4.69) is 0 Å². The number of nitrogen functional groups attached to an aromatic ring is 1. The predicted octanol–water partition coefficient (Wildman–Crippen LogP) is 2.67. The van der Waals surface area contributed by atoms with Crippen molar-refractivity contribution in [3.8, 4) is 0 Å². The number of anilines is 1. The van der Waals surface area contributed by atoms with Crippen molar-refractivity contribution in [3.05, 3.63) is 11.4 Å². The van der Waals surface area contributed by atoms with Crippen LogP contribution < -0.4 is 5.73 Å². The second-order valence-corrected chi connectivity index (χ2v) is 8.60. The van der Waals surface area contributed by atoms with E-state index in [0.29, 0.717) is 22.4 Å². The molecule has 6 heteroatoms. The van der Waals surface area contributed by atoms with Crippen molar-refractivity contribution in [2.24, 2.45) is 5.92 Å². The van der Waals surface area contributed by atoms with E-state index in [0.717, 1.165) is 19.3 Å². The van der Waals surface area contributed by atoms with Gasteiger partial charge in [0.05, 0.1) is 0 Å². The molecule has 2 atom stereocenters. The molecule has 2 fully saturated rings. The highest BCUT2D eigenvalue weighted by Crippen LogP contribution is 2.39. The van der Waals surface area contributed by atoms with E-state index in [-0.39, 0.29) is 6.04 Å². The van der Waals surface area contributed by atoms with Gasteiger partial charge in [-0.05, 0) is 37.7 Å². The number of thiophene rings is 1. The lowest BCUT2D eigenvalue weighted by Crippen LogP contribution is -2.49. The molecule has 106 valence electrons. The van der Waals surface area contributed by atoms with Crippen LogP contribution in [0.25, 0.3) is 0 Å². The highest BCUT2D eigenvalue weighted by atomic mass is 32.2.